The second-order valence-corrected chi connectivity index (χ2v) is 6.04. The first-order chi connectivity index (χ1) is 12.6. The fraction of sp³-hybridized carbons (Fsp3) is 0.895. The van der Waals surface area contributed by atoms with Crippen LogP contribution in [0.5, 0.6) is 0 Å². The smallest absolute Gasteiger partial charge is 0.305 e. The molecule has 7 nitrogen and oxygen atoms in total. The number of aliphatic carboxylic acids is 1. The minimum atomic E-state index is -0.862. The molecule has 1 fully saturated rings. The molecule has 26 heavy (non-hydrogen) atoms. The van der Waals surface area contributed by atoms with Gasteiger partial charge in [0.1, 0.15) is 0 Å². The van der Waals surface area contributed by atoms with E-state index < -0.39 is 5.97 Å². The lowest BCUT2D eigenvalue weighted by atomic mass is 10.0. The van der Waals surface area contributed by atoms with Gasteiger partial charge in [0, 0.05) is 19.0 Å². The quantitative estimate of drug-likeness (QED) is 0.481. The molecule has 0 atom stereocenters. The Balaban J connectivity index is 0.00000301. The van der Waals surface area contributed by atoms with Crippen LogP contribution in [0.3, 0.4) is 0 Å². The zero-order valence-electron chi connectivity index (χ0n) is 16.8. The van der Waals surface area contributed by atoms with Gasteiger partial charge in [-0.25, -0.2) is 0 Å². The van der Waals surface area contributed by atoms with Crippen molar-refractivity contribution < 1.29 is 24.2 Å². The zero-order valence-corrected chi connectivity index (χ0v) is 16.8. The highest BCUT2D eigenvalue weighted by molar-refractivity contribution is 5.76. The number of carbonyl (C=O) groups excluding carboxylic acids is 1. The highest BCUT2D eigenvalue weighted by Gasteiger charge is 2.24. The number of nitrogens with zero attached hydrogens (tertiary/aromatic N) is 1. The number of ether oxygens (including phenoxy) is 2. The highest BCUT2D eigenvalue weighted by atomic mass is 16.5. The van der Waals surface area contributed by atoms with E-state index in [9.17, 15) is 9.59 Å². The summed E-state index contributed by atoms with van der Waals surface area (Å²) in [6.45, 7) is 10.1. The first-order valence-corrected chi connectivity index (χ1v) is 10.0. The van der Waals surface area contributed by atoms with Crippen molar-refractivity contribution in [3.05, 3.63) is 0 Å². The monoisotopic (exact) mass is 374 g/mol. The predicted molar refractivity (Wildman–Crippen MR) is 102 cm³/mol. The van der Waals surface area contributed by atoms with Crippen molar-refractivity contribution in [2.24, 2.45) is 0 Å². The van der Waals surface area contributed by atoms with Gasteiger partial charge in [0.25, 0.3) is 0 Å². The number of hydrogen-bond donors (Lipinski definition) is 2. The number of unbranched alkanes of at least 4 members (excludes halogenated alkanes) is 1. The molecule has 0 radical (unpaired) electrons. The van der Waals surface area contributed by atoms with E-state index in [-0.39, 0.29) is 18.9 Å². The molecule has 1 aliphatic heterocycles. The number of amides is 1. The summed E-state index contributed by atoms with van der Waals surface area (Å²) in [4.78, 5) is 24.8. The fourth-order valence-corrected chi connectivity index (χ4v) is 2.75. The third-order valence-corrected chi connectivity index (χ3v) is 4.12. The maximum Gasteiger partial charge on any atom is 0.305 e. The van der Waals surface area contributed by atoms with E-state index in [0.29, 0.717) is 38.8 Å². The minimum absolute atomic E-state index is 0.00935. The molecule has 0 spiro atoms. The van der Waals surface area contributed by atoms with E-state index in [1.807, 2.05) is 18.7 Å². The van der Waals surface area contributed by atoms with Crippen LogP contribution in [0.25, 0.3) is 0 Å². The van der Waals surface area contributed by atoms with Crippen LogP contribution in [-0.2, 0) is 19.1 Å². The third kappa shape index (κ3) is 12.2. The van der Waals surface area contributed by atoms with Gasteiger partial charge in [0.2, 0.25) is 5.91 Å². The number of carboxylic acid groups (broad SMARTS) is 1. The Morgan fingerprint density at radius 2 is 1.65 bits per heavy atom. The van der Waals surface area contributed by atoms with Gasteiger partial charge in [-0.15, -0.1) is 0 Å². The van der Waals surface area contributed by atoms with Gasteiger partial charge < -0.3 is 24.8 Å². The number of hydrogen-bond acceptors (Lipinski definition) is 5. The molecule has 2 N–H and O–H groups in total. The van der Waals surface area contributed by atoms with E-state index in [0.717, 1.165) is 38.8 Å². The van der Waals surface area contributed by atoms with Crippen LogP contribution in [0.4, 0.5) is 0 Å². The summed E-state index contributed by atoms with van der Waals surface area (Å²) in [5.41, 5.74) is 0. The van der Waals surface area contributed by atoms with Crippen molar-refractivity contribution in [2.75, 3.05) is 46.1 Å². The van der Waals surface area contributed by atoms with Crippen LogP contribution in [0.1, 0.15) is 59.3 Å². The zero-order chi connectivity index (χ0) is 19.6. The summed E-state index contributed by atoms with van der Waals surface area (Å²) < 4.78 is 10.7. The van der Waals surface area contributed by atoms with E-state index in [4.69, 9.17) is 14.6 Å². The molecule has 1 aliphatic rings. The molecular formula is C19H38N2O5. The topological polar surface area (TPSA) is 88.1 Å². The Hall–Kier alpha value is -1.18. The van der Waals surface area contributed by atoms with Crippen molar-refractivity contribution in [1.82, 2.24) is 10.2 Å². The maximum atomic E-state index is 12.4. The van der Waals surface area contributed by atoms with Crippen LogP contribution in [0.2, 0.25) is 0 Å². The molecule has 0 aromatic carbocycles. The van der Waals surface area contributed by atoms with Crippen LogP contribution in [0.15, 0.2) is 0 Å². The van der Waals surface area contributed by atoms with Gasteiger partial charge >= 0.3 is 5.97 Å². The van der Waals surface area contributed by atoms with Gasteiger partial charge in [-0.2, -0.15) is 0 Å². The Morgan fingerprint density at radius 1 is 1.04 bits per heavy atom. The van der Waals surface area contributed by atoms with Crippen LogP contribution >= 0.6 is 0 Å². The molecule has 0 saturated carbocycles. The second kappa shape index (κ2) is 17.2. The molecular weight excluding hydrogens is 336 g/mol. The summed E-state index contributed by atoms with van der Waals surface area (Å²) in [6, 6.07) is 0.311. The SMILES string of the molecule is CC.CCCCC(=O)N(CCOCCOCCC(=O)O)C1CCNCC1. The average Bonchev–Trinajstić information content (AvgIpc) is 2.67. The Labute approximate surface area is 158 Å². The summed E-state index contributed by atoms with van der Waals surface area (Å²) in [5.74, 6) is -0.635. The predicted octanol–water partition coefficient (Wildman–Crippen LogP) is 2.29. The third-order valence-electron chi connectivity index (χ3n) is 4.12. The Bertz CT molecular complexity index is 360. The van der Waals surface area contributed by atoms with Gasteiger partial charge in [0.15, 0.2) is 0 Å². The lowest BCUT2D eigenvalue weighted by Gasteiger charge is -2.34. The highest BCUT2D eigenvalue weighted by Crippen LogP contribution is 2.14. The normalized spacial score (nSPS) is 14.4. The van der Waals surface area contributed by atoms with E-state index >= 15 is 0 Å². The molecule has 1 amide bonds. The van der Waals surface area contributed by atoms with Gasteiger partial charge in [-0.3, -0.25) is 9.59 Å². The Morgan fingerprint density at radius 3 is 2.23 bits per heavy atom. The molecule has 154 valence electrons. The van der Waals surface area contributed by atoms with Gasteiger partial charge in [-0.05, 0) is 32.4 Å². The number of rotatable bonds is 13. The molecule has 1 saturated heterocycles. The summed E-state index contributed by atoms with van der Waals surface area (Å²) in [7, 11) is 0. The number of nitrogens with one attached hydrogen (secondary N) is 1. The molecule has 0 aliphatic carbocycles. The Kier molecular flexibility index (Phi) is 16.5. The standard InChI is InChI=1S/C17H32N2O5.C2H6/c1-2-3-4-16(20)19(15-5-8-18-9-6-15)10-12-24-14-13-23-11-7-17(21)22;1-2/h15,18H,2-14H2,1H3,(H,21,22);1-2H3. The number of piperidine rings is 1. The van der Waals surface area contributed by atoms with Crippen molar-refractivity contribution >= 4 is 11.9 Å². The molecule has 7 heteroatoms. The molecule has 0 aromatic rings. The molecule has 0 aromatic heterocycles. The maximum absolute atomic E-state index is 12.4. The van der Waals surface area contributed by atoms with Crippen molar-refractivity contribution in [2.45, 2.75) is 65.3 Å². The van der Waals surface area contributed by atoms with Crippen LogP contribution < -0.4 is 5.32 Å². The summed E-state index contributed by atoms with van der Waals surface area (Å²) >= 11 is 0. The van der Waals surface area contributed by atoms with Gasteiger partial charge in [0.05, 0.1) is 32.8 Å². The average molecular weight is 375 g/mol. The van der Waals surface area contributed by atoms with E-state index in [1.54, 1.807) is 0 Å². The minimum Gasteiger partial charge on any atom is -0.481 e. The van der Waals surface area contributed by atoms with E-state index in [1.165, 1.54) is 0 Å². The number of carboxylic acids is 1. The van der Waals surface area contributed by atoms with Gasteiger partial charge in [-0.1, -0.05) is 27.2 Å². The van der Waals surface area contributed by atoms with Crippen LogP contribution in [-0.4, -0.2) is 74.0 Å². The first kappa shape index (κ1) is 24.8. The molecule has 0 unspecified atom stereocenters. The fourth-order valence-electron chi connectivity index (χ4n) is 2.75. The van der Waals surface area contributed by atoms with E-state index in [2.05, 4.69) is 12.2 Å². The molecule has 0 bridgehead atoms. The summed E-state index contributed by atoms with van der Waals surface area (Å²) in [5, 5.41) is 11.8. The van der Waals surface area contributed by atoms with Crippen molar-refractivity contribution in [3.8, 4) is 0 Å². The lowest BCUT2D eigenvalue weighted by Crippen LogP contribution is -2.47. The van der Waals surface area contributed by atoms with Crippen LogP contribution in [0, 0.1) is 0 Å². The first-order valence-electron chi connectivity index (χ1n) is 10.0. The van der Waals surface area contributed by atoms with Crippen molar-refractivity contribution in [1.29, 1.82) is 0 Å². The van der Waals surface area contributed by atoms with Crippen molar-refractivity contribution in [3.63, 3.8) is 0 Å². The molecule has 1 heterocycles. The largest absolute Gasteiger partial charge is 0.481 e. The lowest BCUT2D eigenvalue weighted by molar-refractivity contribution is -0.138. The second-order valence-electron chi connectivity index (χ2n) is 6.04. The molecule has 1 rings (SSSR count). The number of carbonyl (C=O) groups is 2. The summed E-state index contributed by atoms with van der Waals surface area (Å²) in [6.07, 6.45) is 4.56.